The minimum atomic E-state index is -0.112. The van der Waals surface area contributed by atoms with E-state index in [1.807, 2.05) is 0 Å². The highest BCUT2D eigenvalue weighted by Crippen LogP contribution is 2.52. The molecule has 0 aromatic heterocycles. The lowest BCUT2D eigenvalue weighted by atomic mass is 9.57. The zero-order valence-electron chi connectivity index (χ0n) is 19.1. The minimum Gasteiger partial charge on any atom is -0.393 e. The number of rotatable bonds is 6. The van der Waals surface area contributed by atoms with Gasteiger partial charge in [-0.3, -0.25) is 4.90 Å². The summed E-state index contributed by atoms with van der Waals surface area (Å²) in [7, 11) is 0. The normalized spacial score (nSPS) is 28.4. The van der Waals surface area contributed by atoms with Crippen molar-refractivity contribution in [3.63, 3.8) is 0 Å². The Morgan fingerprint density at radius 2 is 1.84 bits per heavy atom. The Bertz CT molecular complexity index is 732. The molecule has 2 heterocycles. The van der Waals surface area contributed by atoms with Crippen LogP contribution >= 0.6 is 24.0 Å². The van der Waals surface area contributed by atoms with Gasteiger partial charge in [0, 0.05) is 50.2 Å². The monoisotopic (exact) mass is 542 g/mol. The Hall–Kier alpha value is -0.900. The van der Waals surface area contributed by atoms with Crippen LogP contribution in [-0.4, -0.2) is 60.5 Å². The molecular weight excluding hydrogens is 503 g/mol. The van der Waals surface area contributed by atoms with Gasteiger partial charge in [0.2, 0.25) is 0 Å². The van der Waals surface area contributed by atoms with Crippen LogP contribution in [0.5, 0.6) is 0 Å². The number of piperidine rings is 1. The SMILES string of the molecule is CCNC(=NCc1ccc(CN2CCC(O)CC2)cc1)NC1C2CCOC2C1(C)C.I. The molecule has 1 aromatic carbocycles. The van der Waals surface area contributed by atoms with E-state index in [-0.39, 0.29) is 35.5 Å². The summed E-state index contributed by atoms with van der Waals surface area (Å²) < 4.78 is 5.92. The molecule has 0 amide bonds. The molecule has 1 saturated carbocycles. The molecule has 3 N–H and O–H groups in total. The van der Waals surface area contributed by atoms with E-state index in [0.717, 1.165) is 58.0 Å². The van der Waals surface area contributed by atoms with Crippen LogP contribution in [0.15, 0.2) is 29.3 Å². The molecule has 31 heavy (non-hydrogen) atoms. The smallest absolute Gasteiger partial charge is 0.191 e. The van der Waals surface area contributed by atoms with E-state index in [4.69, 9.17) is 9.73 Å². The average Bonchev–Trinajstić information content (AvgIpc) is 3.20. The van der Waals surface area contributed by atoms with Gasteiger partial charge in [0.1, 0.15) is 0 Å². The number of hydrogen-bond donors (Lipinski definition) is 3. The highest BCUT2D eigenvalue weighted by atomic mass is 127. The molecule has 1 aliphatic carbocycles. The summed E-state index contributed by atoms with van der Waals surface area (Å²) in [4.78, 5) is 7.28. The number of aliphatic hydroxyl groups excluding tert-OH is 1. The second kappa shape index (κ2) is 10.8. The third kappa shape index (κ3) is 5.72. The van der Waals surface area contributed by atoms with Crippen molar-refractivity contribution in [1.29, 1.82) is 0 Å². The summed E-state index contributed by atoms with van der Waals surface area (Å²) in [5, 5.41) is 16.8. The molecule has 3 fully saturated rings. The summed E-state index contributed by atoms with van der Waals surface area (Å²) in [5.41, 5.74) is 2.69. The Labute approximate surface area is 204 Å². The molecule has 3 unspecified atom stereocenters. The van der Waals surface area contributed by atoms with E-state index in [1.54, 1.807) is 0 Å². The molecule has 0 radical (unpaired) electrons. The number of ether oxygens (including phenoxy) is 1. The van der Waals surface area contributed by atoms with E-state index in [1.165, 1.54) is 11.1 Å². The van der Waals surface area contributed by atoms with Crippen LogP contribution in [0.1, 0.15) is 51.2 Å². The molecule has 1 aromatic rings. The molecule has 2 aliphatic heterocycles. The molecule has 4 rings (SSSR count). The zero-order valence-corrected chi connectivity index (χ0v) is 21.5. The van der Waals surface area contributed by atoms with Gasteiger partial charge in [-0.25, -0.2) is 4.99 Å². The van der Waals surface area contributed by atoms with Crippen molar-refractivity contribution >= 4 is 29.9 Å². The maximum Gasteiger partial charge on any atom is 0.191 e. The van der Waals surface area contributed by atoms with Crippen molar-refractivity contribution in [1.82, 2.24) is 15.5 Å². The van der Waals surface area contributed by atoms with E-state index in [2.05, 4.69) is 60.6 Å². The molecule has 0 spiro atoms. The van der Waals surface area contributed by atoms with E-state index in [9.17, 15) is 5.11 Å². The van der Waals surface area contributed by atoms with E-state index in [0.29, 0.717) is 24.6 Å². The average molecular weight is 543 g/mol. The second-order valence-electron chi connectivity index (χ2n) is 9.71. The maximum atomic E-state index is 9.66. The van der Waals surface area contributed by atoms with Gasteiger partial charge in [-0.2, -0.15) is 0 Å². The quantitative estimate of drug-likeness (QED) is 0.293. The number of fused-ring (bicyclic) bond motifs is 1. The van der Waals surface area contributed by atoms with Gasteiger partial charge in [-0.05, 0) is 37.3 Å². The van der Waals surface area contributed by atoms with Gasteiger partial charge in [-0.1, -0.05) is 38.1 Å². The number of halogens is 1. The standard InChI is InChI=1S/C24H38N4O2.HI/c1-4-25-23(27-21-20-11-14-30-22(20)24(21,2)3)26-15-17-5-7-18(8-6-17)16-28-12-9-19(29)10-13-28;/h5-8,19-22,29H,4,9-16H2,1-3H3,(H2,25,26,27);1H. The zero-order chi connectivity index (χ0) is 21.1. The number of aliphatic hydroxyl groups is 1. The van der Waals surface area contributed by atoms with Crippen LogP contribution in [0.4, 0.5) is 0 Å². The first-order valence-electron chi connectivity index (χ1n) is 11.6. The third-order valence-corrected chi connectivity index (χ3v) is 7.14. The Morgan fingerprint density at radius 3 is 2.52 bits per heavy atom. The molecule has 174 valence electrons. The number of likely N-dealkylation sites (tertiary alicyclic amines) is 1. The Morgan fingerprint density at radius 1 is 1.16 bits per heavy atom. The van der Waals surface area contributed by atoms with Gasteiger partial charge < -0.3 is 20.5 Å². The molecule has 2 saturated heterocycles. The molecular formula is C24H39IN4O2. The second-order valence-corrected chi connectivity index (χ2v) is 9.71. The van der Waals surface area contributed by atoms with Crippen molar-refractivity contribution < 1.29 is 9.84 Å². The fraction of sp³-hybridized carbons (Fsp3) is 0.708. The molecule has 3 aliphatic rings. The number of nitrogens with one attached hydrogen (secondary N) is 2. The number of hydrogen-bond acceptors (Lipinski definition) is 4. The number of benzene rings is 1. The molecule has 3 atom stereocenters. The fourth-order valence-electron chi connectivity index (χ4n) is 5.34. The van der Waals surface area contributed by atoms with Gasteiger partial charge in [0.25, 0.3) is 0 Å². The first-order chi connectivity index (χ1) is 14.5. The highest BCUT2D eigenvalue weighted by molar-refractivity contribution is 14.0. The molecule has 6 nitrogen and oxygen atoms in total. The van der Waals surface area contributed by atoms with Gasteiger partial charge in [0.15, 0.2) is 5.96 Å². The summed E-state index contributed by atoms with van der Waals surface area (Å²) in [6.45, 7) is 12.0. The van der Waals surface area contributed by atoms with Gasteiger partial charge in [-0.15, -0.1) is 24.0 Å². The van der Waals surface area contributed by atoms with Crippen LogP contribution < -0.4 is 10.6 Å². The van der Waals surface area contributed by atoms with Crippen LogP contribution in [0.25, 0.3) is 0 Å². The first-order valence-corrected chi connectivity index (χ1v) is 11.6. The Balaban J connectivity index is 0.00000272. The van der Waals surface area contributed by atoms with Crippen molar-refractivity contribution in [2.24, 2.45) is 16.3 Å². The van der Waals surface area contributed by atoms with Crippen LogP contribution in [0.2, 0.25) is 0 Å². The molecule has 0 bridgehead atoms. The largest absolute Gasteiger partial charge is 0.393 e. The summed E-state index contributed by atoms with van der Waals surface area (Å²) in [6.07, 6.45) is 3.19. The number of aliphatic imine (C=N–C) groups is 1. The Kier molecular flexibility index (Phi) is 8.63. The van der Waals surface area contributed by atoms with Crippen LogP contribution in [0, 0.1) is 11.3 Å². The van der Waals surface area contributed by atoms with Crippen LogP contribution in [-0.2, 0) is 17.8 Å². The van der Waals surface area contributed by atoms with Gasteiger partial charge in [0.05, 0.1) is 18.8 Å². The number of guanidine groups is 1. The fourth-order valence-corrected chi connectivity index (χ4v) is 5.34. The lowest BCUT2D eigenvalue weighted by Gasteiger charge is -2.54. The van der Waals surface area contributed by atoms with Crippen molar-refractivity contribution in [3.8, 4) is 0 Å². The first kappa shape index (κ1) is 24.7. The van der Waals surface area contributed by atoms with Gasteiger partial charge >= 0.3 is 0 Å². The van der Waals surface area contributed by atoms with Crippen molar-refractivity contribution in [3.05, 3.63) is 35.4 Å². The third-order valence-electron chi connectivity index (χ3n) is 7.14. The minimum absolute atomic E-state index is 0. The highest BCUT2D eigenvalue weighted by Gasteiger charge is 2.59. The molecule has 7 heteroatoms. The number of nitrogens with zero attached hydrogens (tertiary/aromatic N) is 2. The topological polar surface area (TPSA) is 69.1 Å². The lowest BCUT2D eigenvalue weighted by Crippen LogP contribution is -2.67. The van der Waals surface area contributed by atoms with E-state index >= 15 is 0 Å². The van der Waals surface area contributed by atoms with Crippen molar-refractivity contribution in [2.45, 2.75) is 71.4 Å². The predicted molar refractivity (Wildman–Crippen MR) is 136 cm³/mol. The summed E-state index contributed by atoms with van der Waals surface area (Å²) >= 11 is 0. The van der Waals surface area contributed by atoms with Crippen LogP contribution in [0.3, 0.4) is 0 Å². The predicted octanol–water partition coefficient (Wildman–Crippen LogP) is 3.13. The van der Waals surface area contributed by atoms with Crippen molar-refractivity contribution in [2.75, 3.05) is 26.2 Å². The lowest BCUT2D eigenvalue weighted by molar-refractivity contribution is -0.106. The summed E-state index contributed by atoms with van der Waals surface area (Å²) in [6, 6.07) is 9.22. The summed E-state index contributed by atoms with van der Waals surface area (Å²) in [5.74, 6) is 1.50. The van der Waals surface area contributed by atoms with E-state index < -0.39 is 0 Å². The maximum absolute atomic E-state index is 9.66.